The van der Waals surface area contributed by atoms with Crippen molar-refractivity contribution in [3.05, 3.63) is 0 Å². The van der Waals surface area contributed by atoms with Crippen LogP contribution in [0.5, 0.6) is 0 Å². The molecule has 1 aliphatic carbocycles. The van der Waals surface area contributed by atoms with E-state index in [9.17, 15) is 5.11 Å². The Labute approximate surface area is 98.2 Å². The van der Waals surface area contributed by atoms with Gasteiger partial charge in [0.1, 0.15) is 0 Å². The summed E-state index contributed by atoms with van der Waals surface area (Å²) in [5.41, 5.74) is 0. The quantitative estimate of drug-likeness (QED) is 0.735. The van der Waals surface area contributed by atoms with Crippen LogP contribution in [0.1, 0.15) is 39.0 Å². The number of rotatable bonds is 6. The molecule has 0 radical (unpaired) electrons. The normalized spacial score (nSPS) is 29.0. The molecule has 90 valence electrons. The zero-order valence-electron chi connectivity index (χ0n) is 10.0. The van der Waals surface area contributed by atoms with Crippen LogP contribution in [0.25, 0.3) is 0 Å². The standard InChI is InChI=1S/C12H25NOS/c1-10-5-3-4-6-12(10)13-11(9-14)7-8-15-2/h10-14H,3-9H2,1-2H3. The van der Waals surface area contributed by atoms with Crippen LogP contribution in [0.4, 0.5) is 0 Å². The molecule has 0 amide bonds. The maximum Gasteiger partial charge on any atom is 0.0585 e. The molecule has 0 saturated heterocycles. The van der Waals surface area contributed by atoms with Gasteiger partial charge in [-0.1, -0.05) is 19.8 Å². The monoisotopic (exact) mass is 231 g/mol. The summed E-state index contributed by atoms with van der Waals surface area (Å²) in [4.78, 5) is 0. The Morgan fingerprint density at radius 2 is 2.13 bits per heavy atom. The zero-order chi connectivity index (χ0) is 11.1. The predicted octanol–water partition coefficient (Wildman–Crippen LogP) is 2.27. The molecule has 2 nitrogen and oxygen atoms in total. The van der Waals surface area contributed by atoms with Crippen LogP contribution in [0, 0.1) is 5.92 Å². The fourth-order valence-corrected chi connectivity index (χ4v) is 2.87. The summed E-state index contributed by atoms with van der Waals surface area (Å²) in [7, 11) is 0. The molecule has 1 saturated carbocycles. The molecule has 0 aromatic carbocycles. The van der Waals surface area contributed by atoms with E-state index in [0.717, 1.165) is 18.1 Å². The van der Waals surface area contributed by atoms with Gasteiger partial charge in [0.25, 0.3) is 0 Å². The van der Waals surface area contributed by atoms with Crippen molar-refractivity contribution >= 4 is 11.8 Å². The molecule has 15 heavy (non-hydrogen) atoms. The summed E-state index contributed by atoms with van der Waals surface area (Å²) >= 11 is 1.86. The van der Waals surface area contributed by atoms with Crippen LogP contribution in [0.3, 0.4) is 0 Å². The van der Waals surface area contributed by atoms with E-state index >= 15 is 0 Å². The minimum atomic E-state index is 0.282. The highest BCUT2D eigenvalue weighted by Gasteiger charge is 2.23. The number of hydrogen-bond acceptors (Lipinski definition) is 3. The Kier molecular flexibility index (Phi) is 6.69. The summed E-state index contributed by atoms with van der Waals surface area (Å²) in [5.74, 6) is 1.92. The van der Waals surface area contributed by atoms with E-state index in [1.807, 2.05) is 11.8 Å². The molecule has 0 aromatic rings. The highest BCUT2D eigenvalue weighted by molar-refractivity contribution is 7.98. The van der Waals surface area contributed by atoms with Crippen molar-refractivity contribution < 1.29 is 5.11 Å². The lowest BCUT2D eigenvalue weighted by Gasteiger charge is -2.32. The number of aliphatic hydroxyl groups excluding tert-OH is 1. The number of thioether (sulfide) groups is 1. The van der Waals surface area contributed by atoms with E-state index in [2.05, 4.69) is 18.5 Å². The smallest absolute Gasteiger partial charge is 0.0585 e. The third-order valence-electron chi connectivity index (χ3n) is 3.45. The zero-order valence-corrected chi connectivity index (χ0v) is 10.9. The summed E-state index contributed by atoms with van der Waals surface area (Å²) in [5, 5.41) is 12.9. The van der Waals surface area contributed by atoms with Gasteiger partial charge in [-0.15, -0.1) is 0 Å². The van der Waals surface area contributed by atoms with Crippen molar-refractivity contribution in [1.29, 1.82) is 0 Å². The summed E-state index contributed by atoms with van der Waals surface area (Å²) < 4.78 is 0. The Hall–Kier alpha value is 0.270. The van der Waals surface area contributed by atoms with Gasteiger partial charge < -0.3 is 10.4 Å². The van der Waals surface area contributed by atoms with Gasteiger partial charge in [-0.25, -0.2) is 0 Å². The molecular weight excluding hydrogens is 206 g/mol. The molecule has 3 unspecified atom stereocenters. The van der Waals surface area contributed by atoms with Crippen LogP contribution in [0.15, 0.2) is 0 Å². The summed E-state index contributed by atoms with van der Waals surface area (Å²) in [6.07, 6.45) is 8.57. The van der Waals surface area contributed by atoms with E-state index in [1.165, 1.54) is 25.7 Å². The number of nitrogens with one attached hydrogen (secondary N) is 1. The summed E-state index contributed by atoms with van der Waals surface area (Å²) in [6, 6.07) is 0.945. The highest BCUT2D eigenvalue weighted by atomic mass is 32.2. The van der Waals surface area contributed by atoms with Gasteiger partial charge in [0, 0.05) is 12.1 Å². The topological polar surface area (TPSA) is 32.3 Å². The minimum Gasteiger partial charge on any atom is -0.395 e. The SMILES string of the molecule is CSCCC(CO)NC1CCCCC1C. The van der Waals surface area contributed by atoms with Gasteiger partial charge in [0.2, 0.25) is 0 Å². The second kappa shape index (κ2) is 7.53. The van der Waals surface area contributed by atoms with Crippen molar-refractivity contribution in [3.8, 4) is 0 Å². The number of aliphatic hydroxyl groups is 1. The van der Waals surface area contributed by atoms with Crippen molar-refractivity contribution in [2.45, 2.75) is 51.1 Å². The third-order valence-corrected chi connectivity index (χ3v) is 4.10. The fourth-order valence-electron chi connectivity index (χ4n) is 2.35. The van der Waals surface area contributed by atoms with Crippen LogP contribution in [-0.4, -0.2) is 35.8 Å². The van der Waals surface area contributed by atoms with E-state index in [0.29, 0.717) is 12.1 Å². The Morgan fingerprint density at radius 3 is 2.73 bits per heavy atom. The van der Waals surface area contributed by atoms with Gasteiger partial charge >= 0.3 is 0 Å². The predicted molar refractivity (Wildman–Crippen MR) is 68.4 cm³/mol. The van der Waals surface area contributed by atoms with Crippen LogP contribution in [-0.2, 0) is 0 Å². The second-order valence-electron chi connectivity index (χ2n) is 4.70. The Morgan fingerprint density at radius 1 is 1.40 bits per heavy atom. The second-order valence-corrected chi connectivity index (χ2v) is 5.68. The summed E-state index contributed by atoms with van der Waals surface area (Å²) in [6.45, 7) is 2.61. The Balaban J connectivity index is 2.29. The van der Waals surface area contributed by atoms with E-state index in [1.54, 1.807) is 0 Å². The first-order valence-electron chi connectivity index (χ1n) is 6.13. The van der Waals surface area contributed by atoms with Crippen molar-refractivity contribution in [3.63, 3.8) is 0 Å². The van der Waals surface area contributed by atoms with Gasteiger partial charge in [-0.2, -0.15) is 11.8 Å². The molecule has 0 aromatic heterocycles. The molecule has 3 heteroatoms. The molecule has 0 heterocycles. The first kappa shape index (κ1) is 13.3. The van der Waals surface area contributed by atoms with Crippen molar-refractivity contribution in [2.75, 3.05) is 18.6 Å². The lowest BCUT2D eigenvalue weighted by atomic mass is 9.85. The van der Waals surface area contributed by atoms with Gasteiger partial charge in [-0.3, -0.25) is 0 Å². The fraction of sp³-hybridized carbons (Fsp3) is 1.00. The maximum atomic E-state index is 9.30. The van der Waals surface area contributed by atoms with Crippen LogP contribution < -0.4 is 5.32 Å². The number of hydrogen-bond donors (Lipinski definition) is 2. The average Bonchev–Trinajstić information content (AvgIpc) is 2.26. The lowest BCUT2D eigenvalue weighted by Crippen LogP contribution is -2.45. The molecule has 1 fully saturated rings. The van der Waals surface area contributed by atoms with Gasteiger partial charge in [0.05, 0.1) is 6.61 Å². The molecule has 0 bridgehead atoms. The molecule has 0 aliphatic heterocycles. The van der Waals surface area contributed by atoms with E-state index in [4.69, 9.17) is 0 Å². The van der Waals surface area contributed by atoms with Crippen molar-refractivity contribution in [1.82, 2.24) is 5.32 Å². The lowest BCUT2D eigenvalue weighted by molar-refractivity contribution is 0.193. The highest BCUT2D eigenvalue weighted by Crippen LogP contribution is 2.24. The largest absolute Gasteiger partial charge is 0.395 e. The first-order chi connectivity index (χ1) is 7.27. The molecule has 0 spiro atoms. The van der Waals surface area contributed by atoms with Crippen molar-refractivity contribution in [2.24, 2.45) is 5.92 Å². The first-order valence-corrected chi connectivity index (χ1v) is 7.53. The van der Waals surface area contributed by atoms with E-state index < -0.39 is 0 Å². The van der Waals surface area contributed by atoms with Crippen LogP contribution >= 0.6 is 11.8 Å². The molecule has 3 atom stereocenters. The van der Waals surface area contributed by atoms with E-state index in [-0.39, 0.29) is 6.61 Å². The Bertz CT molecular complexity index is 166. The molecule has 1 rings (SSSR count). The minimum absolute atomic E-state index is 0.282. The molecule has 1 aliphatic rings. The van der Waals surface area contributed by atoms with Gasteiger partial charge in [0.15, 0.2) is 0 Å². The van der Waals surface area contributed by atoms with Gasteiger partial charge in [-0.05, 0) is 37.2 Å². The molecule has 2 N–H and O–H groups in total. The third kappa shape index (κ3) is 4.75. The molecular formula is C12H25NOS. The maximum absolute atomic E-state index is 9.30. The van der Waals surface area contributed by atoms with Crippen LogP contribution in [0.2, 0.25) is 0 Å². The average molecular weight is 231 g/mol.